The smallest absolute Gasteiger partial charge is 0.244 e. The van der Waals surface area contributed by atoms with Crippen LogP contribution in [-0.2, 0) is 20.9 Å². The van der Waals surface area contributed by atoms with Crippen LogP contribution in [-0.4, -0.2) is 37.9 Å². The molecule has 2 aromatic carbocycles. The summed E-state index contributed by atoms with van der Waals surface area (Å²) in [6, 6.07) is 17.2. The molecule has 6 heteroatoms. The number of amides is 1. The Morgan fingerprint density at radius 3 is 2.63 bits per heavy atom. The van der Waals surface area contributed by atoms with E-state index in [0.717, 1.165) is 17.0 Å². The number of nitrogens with two attached hydrogens (primary N) is 1. The molecule has 0 saturated carbocycles. The normalized spacial score (nSPS) is 15.9. The van der Waals surface area contributed by atoms with E-state index in [9.17, 15) is 4.79 Å². The Morgan fingerprint density at radius 1 is 1.07 bits per heavy atom. The number of anilines is 1. The Balaban J connectivity index is 1.43. The van der Waals surface area contributed by atoms with E-state index in [0.29, 0.717) is 45.9 Å². The number of para-hydroxylation sites is 1. The monoisotopic (exact) mass is 370 g/mol. The van der Waals surface area contributed by atoms with Gasteiger partial charge in [0.25, 0.3) is 0 Å². The van der Waals surface area contributed by atoms with E-state index in [1.807, 2.05) is 54.6 Å². The van der Waals surface area contributed by atoms with Crippen molar-refractivity contribution in [2.24, 2.45) is 5.73 Å². The van der Waals surface area contributed by atoms with Gasteiger partial charge in [-0.2, -0.15) is 0 Å². The van der Waals surface area contributed by atoms with E-state index in [1.54, 1.807) is 0 Å². The van der Waals surface area contributed by atoms with E-state index in [2.05, 4.69) is 5.32 Å². The molecule has 0 bridgehead atoms. The summed E-state index contributed by atoms with van der Waals surface area (Å²) in [5, 5.41) is 2.92. The van der Waals surface area contributed by atoms with Crippen LogP contribution in [0, 0.1) is 0 Å². The average Bonchev–Trinajstić information content (AvgIpc) is 2.69. The van der Waals surface area contributed by atoms with E-state index in [1.165, 1.54) is 0 Å². The highest BCUT2D eigenvalue weighted by atomic mass is 16.5. The summed E-state index contributed by atoms with van der Waals surface area (Å²) in [5.41, 5.74) is 7.06. The fourth-order valence-electron chi connectivity index (χ4n) is 2.88. The fourth-order valence-corrected chi connectivity index (χ4v) is 2.88. The van der Waals surface area contributed by atoms with Gasteiger partial charge in [0.05, 0.1) is 13.2 Å². The molecule has 1 aliphatic rings. The van der Waals surface area contributed by atoms with Crippen molar-refractivity contribution in [1.82, 2.24) is 0 Å². The molecule has 1 fully saturated rings. The van der Waals surface area contributed by atoms with Gasteiger partial charge in [-0.1, -0.05) is 30.3 Å². The number of hydrogen-bond donors (Lipinski definition) is 2. The van der Waals surface area contributed by atoms with Crippen LogP contribution in [0.4, 0.5) is 5.69 Å². The van der Waals surface area contributed by atoms with Crippen LogP contribution in [0.15, 0.2) is 54.6 Å². The van der Waals surface area contributed by atoms with Crippen molar-refractivity contribution in [2.75, 3.05) is 31.7 Å². The molecule has 1 aliphatic heterocycles. The number of ether oxygens (including phenoxy) is 3. The quantitative estimate of drug-likeness (QED) is 0.698. The van der Waals surface area contributed by atoms with Crippen molar-refractivity contribution in [3.05, 3.63) is 60.2 Å². The number of carbonyl (C=O) groups is 1. The molecule has 0 aliphatic carbocycles. The van der Waals surface area contributed by atoms with Crippen molar-refractivity contribution in [3.8, 4) is 5.75 Å². The SMILES string of the molecule is NC1(C(=O)Nc2cccc(COCCOc3ccccc3)c2)CCOCC1. The van der Waals surface area contributed by atoms with Crippen LogP contribution in [0.5, 0.6) is 5.75 Å². The molecule has 1 saturated heterocycles. The summed E-state index contributed by atoms with van der Waals surface area (Å²) in [6.45, 7) is 2.45. The van der Waals surface area contributed by atoms with Crippen molar-refractivity contribution < 1.29 is 19.0 Å². The second-order valence-electron chi connectivity index (χ2n) is 6.64. The van der Waals surface area contributed by atoms with Crippen LogP contribution in [0.25, 0.3) is 0 Å². The van der Waals surface area contributed by atoms with Crippen LogP contribution in [0.2, 0.25) is 0 Å². The molecule has 1 amide bonds. The highest BCUT2D eigenvalue weighted by Gasteiger charge is 2.35. The molecule has 3 rings (SSSR count). The van der Waals surface area contributed by atoms with Crippen LogP contribution < -0.4 is 15.8 Å². The van der Waals surface area contributed by atoms with Gasteiger partial charge in [-0.3, -0.25) is 4.79 Å². The summed E-state index contributed by atoms with van der Waals surface area (Å²) in [6.07, 6.45) is 1.06. The molecular formula is C21H26N2O4. The first-order chi connectivity index (χ1) is 13.2. The number of carbonyl (C=O) groups excluding carboxylic acids is 1. The third-order valence-corrected chi connectivity index (χ3v) is 4.53. The van der Waals surface area contributed by atoms with Crippen molar-refractivity contribution in [2.45, 2.75) is 25.0 Å². The van der Waals surface area contributed by atoms with Gasteiger partial charge >= 0.3 is 0 Å². The molecular weight excluding hydrogens is 344 g/mol. The third-order valence-electron chi connectivity index (χ3n) is 4.53. The third kappa shape index (κ3) is 5.79. The second kappa shape index (κ2) is 9.50. The molecule has 1 heterocycles. The minimum Gasteiger partial charge on any atom is -0.491 e. The first-order valence-corrected chi connectivity index (χ1v) is 9.18. The van der Waals surface area contributed by atoms with Gasteiger partial charge in [-0.15, -0.1) is 0 Å². The van der Waals surface area contributed by atoms with E-state index >= 15 is 0 Å². The molecule has 27 heavy (non-hydrogen) atoms. The lowest BCUT2D eigenvalue weighted by atomic mass is 9.90. The first-order valence-electron chi connectivity index (χ1n) is 9.18. The Labute approximate surface area is 159 Å². The van der Waals surface area contributed by atoms with Gasteiger partial charge in [0.2, 0.25) is 5.91 Å². The molecule has 0 atom stereocenters. The molecule has 2 aromatic rings. The number of hydrogen-bond acceptors (Lipinski definition) is 5. The zero-order valence-electron chi connectivity index (χ0n) is 15.4. The van der Waals surface area contributed by atoms with Gasteiger partial charge in [0, 0.05) is 18.9 Å². The first kappa shape index (κ1) is 19.4. The Morgan fingerprint density at radius 2 is 1.85 bits per heavy atom. The zero-order chi connectivity index (χ0) is 19.0. The summed E-state index contributed by atoms with van der Waals surface area (Å²) in [7, 11) is 0. The van der Waals surface area contributed by atoms with Gasteiger partial charge < -0.3 is 25.3 Å². The maximum Gasteiger partial charge on any atom is 0.244 e. The Kier molecular flexibility index (Phi) is 6.81. The van der Waals surface area contributed by atoms with Gasteiger partial charge in [0.1, 0.15) is 17.9 Å². The molecule has 3 N–H and O–H groups in total. The number of nitrogens with one attached hydrogen (secondary N) is 1. The molecule has 6 nitrogen and oxygen atoms in total. The lowest BCUT2D eigenvalue weighted by molar-refractivity contribution is -0.124. The van der Waals surface area contributed by atoms with Gasteiger partial charge in [-0.25, -0.2) is 0 Å². The van der Waals surface area contributed by atoms with Crippen LogP contribution >= 0.6 is 0 Å². The molecule has 0 radical (unpaired) electrons. The predicted octanol–water partition coefficient (Wildman–Crippen LogP) is 2.73. The predicted molar refractivity (Wildman–Crippen MR) is 104 cm³/mol. The number of benzene rings is 2. The van der Waals surface area contributed by atoms with E-state index < -0.39 is 5.54 Å². The van der Waals surface area contributed by atoms with Crippen molar-refractivity contribution >= 4 is 11.6 Å². The lowest BCUT2D eigenvalue weighted by Crippen LogP contribution is -2.54. The average molecular weight is 370 g/mol. The van der Waals surface area contributed by atoms with Crippen LogP contribution in [0.3, 0.4) is 0 Å². The Hall–Kier alpha value is -2.41. The molecule has 0 spiro atoms. The van der Waals surface area contributed by atoms with Crippen molar-refractivity contribution in [3.63, 3.8) is 0 Å². The zero-order valence-corrected chi connectivity index (χ0v) is 15.4. The fraction of sp³-hybridized carbons (Fsp3) is 0.381. The lowest BCUT2D eigenvalue weighted by Gasteiger charge is -2.31. The summed E-state index contributed by atoms with van der Waals surface area (Å²) in [4.78, 5) is 12.5. The van der Waals surface area contributed by atoms with Gasteiger partial charge in [0.15, 0.2) is 0 Å². The maximum atomic E-state index is 12.5. The summed E-state index contributed by atoms with van der Waals surface area (Å²) < 4.78 is 16.5. The van der Waals surface area contributed by atoms with Crippen molar-refractivity contribution in [1.29, 1.82) is 0 Å². The highest BCUT2D eigenvalue weighted by molar-refractivity contribution is 5.98. The van der Waals surface area contributed by atoms with E-state index in [-0.39, 0.29) is 5.91 Å². The highest BCUT2D eigenvalue weighted by Crippen LogP contribution is 2.21. The molecule has 0 aromatic heterocycles. The molecule has 0 unspecified atom stereocenters. The Bertz CT molecular complexity index is 730. The van der Waals surface area contributed by atoms with Crippen LogP contribution in [0.1, 0.15) is 18.4 Å². The molecule has 144 valence electrons. The minimum atomic E-state index is -0.862. The summed E-state index contributed by atoms with van der Waals surface area (Å²) >= 11 is 0. The standard InChI is InChI=1S/C21H26N2O4/c22-21(9-11-25-12-10-21)20(24)23-18-6-4-5-17(15-18)16-26-13-14-27-19-7-2-1-3-8-19/h1-8,15H,9-14,16,22H2,(H,23,24). The summed E-state index contributed by atoms with van der Waals surface area (Å²) in [5.74, 6) is 0.662. The van der Waals surface area contributed by atoms with E-state index in [4.69, 9.17) is 19.9 Å². The maximum absolute atomic E-state index is 12.5. The topological polar surface area (TPSA) is 82.8 Å². The largest absolute Gasteiger partial charge is 0.491 e. The second-order valence-corrected chi connectivity index (χ2v) is 6.64. The van der Waals surface area contributed by atoms with Gasteiger partial charge in [-0.05, 0) is 42.7 Å². The number of rotatable bonds is 8. The minimum absolute atomic E-state index is 0.167.